The van der Waals surface area contributed by atoms with Crippen LogP contribution in [0.3, 0.4) is 0 Å². The monoisotopic (exact) mass is 367 g/mol. The predicted molar refractivity (Wildman–Crippen MR) is 85.7 cm³/mol. The van der Waals surface area contributed by atoms with Gasteiger partial charge in [-0.15, -0.1) is 24.0 Å². The van der Waals surface area contributed by atoms with E-state index in [1.807, 2.05) is 7.11 Å². The molecule has 0 aromatic carbocycles. The first-order valence-corrected chi connectivity index (χ1v) is 6.65. The number of rotatable bonds is 3. The molecule has 2 aliphatic rings. The fourth-order valence-electron chi connectivity index (χ4n) is 2.72. The molecular weight excluding hydrogens is 341 g/mol. The second kappa shape index (κ2) is 6.93. The van der Waals surface area contributed by atoms with Crippen molar-refractivity contribution in [1.82, 2.24) is 10.2 Å². The fourth-order valence-corrected chi connectivity index (χ4v) is 2.72. The summed E-state index contributed by atoms with van der Waals surface area (Å²) in [5, 5.41) is 3.51. The van der Waals surface area contributed by atoms with Gasteiger partial charge in [0.1, 0.15) is 0 Å². The smallest absolute Gasteiger partial charge is 0.193 e. The van der Waals surface area contributed by atoms with E-state index in [9.17, 15) is 0 Å². The third-order valence-corrected chi connectivity index (χ3v) is 4.20. The Balaban J connectivity index is 0.00000162. The van der Waals surface area contributed by atoms with E-state index in [0.717, 1.165) is 25.6 Å². The second-order valence-corrected chi connectivity index (χ2v) is 5.73. The number of likely N-dealkylation sites (N-methyl/N-ethyl adjacent to an activating group) is 1. The summed E-state index contributed by atoms with van der Waals surface area (Å²) in [6, 6.07) is 0. The van der Waals surface area contributed by atoms with Gasteiger partial charge in [0.05, 0.1) is 12.6 Å². The Hall–Kier alpha value is -0.0400. The van der Waals surface area contributed by atoms with Gasteiger partial charge in [-0.1, -0.05) is 6.92 Å². The molecule has 2 rings (SSSR count). The quantitative estimate of drug-likeness (QED) is 0.777. The van der Waals surface area contributed by atoms with Crippen LogP contribution in [0.5, 0.6) is 0 Å². The highest BCUT2D eigenvalue weighted by atomic mass is 127. The zero-order valence-corrected chi connectivity index (χ0v) is 14.1. The summed E-state index contributed by atoms with van der Waals surface area (Å²) in [4.78, 5) is 6.67. The van der Waals surface area contributed by atoms with Crippen LogP contribution in [-0.4, -0.2) is 50.8 Å². The third-order valence-electron chi connectivity index (χ3n) is 4.20. The SMILES string of the molecule is COC1CCC(C)(CNC2=NCCN2C)CC1.I. The Bertz CT molecular complexity index is 288. The molecule has 0 amide bonds. The van der Waals surface area contributed by atoms with Crippen LogP contribution in [0.2, 0.25) is 0 Å². The minimum atomic E-state index is 0. The maximum Gasteiger partial charge on any atom is 0.193 e. The summed E-state index contributed by atoms with van der Waals surface area (Å²) in [6.07, 6.45) is 5.36. The molecule has 106 valence electrons. The molecule has 1 fully saturated rings. The maximum absolute atomic E-state index is 5.43. The Morgan fingerprint density at radius 1 is 1.44 bits per heavy atom. The highest BCUT2D eigenvalue weighted by molar-refractivity contribution is 14.0. The molecule has 0 aromatic rings. The summed E-state index contributed by atoms with van der Waals surface area (Å²) in [5.41, 5.74) is 0.404. The minimum Gasteiger partial charge on any atom is -0.381 e. The number of aliphatic imine (C=N–C) groups is 1. The zero-order chi connectivity index (χ0) is 12.3. The average Bonchev–Trinajstić information content (AvgIpc) is 2.74. The molecule has 1 heterocycles. The van der Waals surface area contributed by atoms with Gasteiger partial charge in [-0.05, 0) is 31.1 Å². The summed E-state index contributed by atoms with van der Waals surface area (Å²) >= 11 is 0. The molecule has 0 atom stereocenters. The molecule has 0 bridgehead atoms. The Labute approximate surface area is 128 Å². The molecule has 4 nitrogen and oxygen atoms in total. The van der Waals surface area contributed by atoms with Gasteiger partial charge in [0.15, 0.2) is 5.96 Å². The lowest BCUT2D eigenvalue weighted by Gasteiger charge is -2.37. The van der Waals surface area contributed by atoms with Crippen LogP contribution in [0, 0.1) is 5.41 Å². The molecule has 1 aliphatic carbocycles. The van der Waals surface area contributed by atoms with Gasteiger partial charge in [0, 0.05) is 27.2 Å². The van der Waals surface area contributed by atoms with Crippen LogP contribution in [0.25, 0.3) is 0 Å². The lowest BCUT2D eigenvalue weighted by molar-refractivity contribution is 0.0337. The van der Waals surface area contributed by atoms with Crippen molar-refractivity contribution in [2.45, 2.75) is 38.7 Å². The van der Waals surface area contributed by atoms with Crippen LogP contribution in [0.4, 0.5) is 0 Å². The molecule has 0 radical (unpaired) electrons. The van der Waals surface area contributed by atoms with Gasteiger partial charge in [-0.25, -0.2) is 0 Å². The number of ether oxygens (including phenoxy) is 1. The first-order valence-electron chi connectivity index (χ1n) is 6.65. The molecule has 1 aliphatic heterocycles. The lowest BCUT2D eigenvalue weighted by atomic mass is 9.74. The van der Waals surface area contributed by atoms with Crippen LogP contribution < -0.4 is 5.32 Å². The lowest BCUT2D eigenvalue weighted by Crippen LogP contribution is -2.43. The maximum atomic E-state index is 5.43. The van der Waals surface area contributed by atoms with E-state index in [-0.39, 0.29) is 24.0 Å². The number of methoxy groups -OCH3 is 1. The number of guanidine groups is 1. The highest BCUT2D eigenvalue weighted by Crippen LogP contribution is 2.36. The number of nitrogens with zero attached hydrogens (tertiary/aromatic N) is 2. The van der Waals surface area contributed by atoms with E-state index in [4.69, 9.17) is 4.74 Å². The standard InChI is InChI=1S/C13H25N3O.HI/c1-13(6-4-11(17-3)5-7-13)10-15-12-14-8-9-16(12)2;/h11H,4-10H2,1-3H3,(H,14,15);1H. The Kier molecular flexibility index (Phi) is 6.17. The molecule has 1 N–H and O–H groups in total. The van der Waals surface area contributed by atoms with Crippen molar-refractivity contribution in [3.63, 3.8) is 0 Å². The molecule has 0 aromatic heterocycles. The van der Waals surface area contributed by atoms with E-state index in [2.05, 4.69) is 29.2 Å². The van der Waals surface area contributed by atoms with Crippen molar-refractivity contribution in [2.75, 3.05) is 33.8 Å². The van der Waals surface area contributed by atoms with Crippen LogP contribution in [0.15, 0.2) is 4.99 Å². The topological polar surface area (TPSA) is 36.9 Å². The third kappa shape index (κ3) is 3.98. The number of hydrogen-bond acceptors (Lipinski definition) is 4. The van der Waals surface area contributed by atoms with Crippen molar-refractivity contribution in [3.05, 3.63) is 0 Å². The van der Waals surface area contributed by atoms with E-state index >= 15 is 0 Å². The molecule has 1 saturated carbocycles. The molecule has 0 saturated heterocycles. The van der Waals surface area contributed by atoms with Crippen molar-refractivity contribution in [1.29, 1.82) is 0 Å². The molecule has 0 spiro atoms. The van der Waals surface area contributed by atoms with Crippen LogP contribution >= 0.6 is 24.0 Å². The average molecular weight is 367 g/mol. The highest BCUT2D eigenvalue weighted by Gasteiger charge is 2.31. The van der Waals surface area contributed by atoms with Gasteiger partial charge in [-0.3, -0.25) is 4.99 Å². The van der Waals surface area contributed by atoms with Crippen molar-refractivity contribution in [3.8, 4) is 0 Å². The summed E-state index contributed by atoms with van der Waals surface area (Å²) < 4.78 is 5.43. The van der Waals surface area contributed by atoms with Crippen molar-refractivity contribution in [2.24, 2.45) is 10.4 Å². The fraction of sp³-hybridized carbons (Fsp3) is 0.923. The number of nitrogens with one attached hydrogen (secondary N) is 1. The van der Waals surface area contributed by atoms with Gasteiger partial charge < -0.3 is 15.0 Å². The van der Waals surface area contributed by atoms with Gasteiger partial charge in [-0.2, -0.15) is 0 Å². The van der Waals surface area contributed by atoms with Gasteiger partial charge in [0.2, 0.25) is 0 Å². The first-order chi connectivity index (χ1) is 8.13. The van der Waals surface area contributed by atoms with Crippen molar-refractivity contribution < 1.29 is 4.74 Å². The van der Waals surface area contributed by atoms with E-state index < -0.39 is 0 Å². The zero-order valence-electron chi connectivity index (χ0n) is 11.7. The van der Waals surface area contributed by atoms with Crippen molar-refractivity contribution >= 4 is 29.9 Å². The summed E-state index contributed by atoms with van der Waals surface area (Å²) in [5.74, 6) is 1.07. The van der Waals surface area contributed by atoms with E-state index in [1.54, 1.807) is 0 Å². The summed E-state index contributed by atoms with van der Waals surface area (Å²) in [7, 11) is 3.93. The molecule has 5 heteroatoms. The van der Waals surface area contributed by atoms with Gasteiger partial charge in [0.25, 0.3) is 0 Å². The Morgan fingerprint density at radius 3 is 2.61 bits per heavy atom. The normalized spacial score (nSPS) is 31.8. The van der Waals surface area contributed by atoms with Crippen LogP contribution in [-0.2, 0) is 4.74 Å². The minimum absolute atomic E-state index is 0. The molecular formula is C13H26IN3O. The number of halogens is 1. The number of hydrogen-bond donors (Lipinski definition) is 1. The predicted octanol–water partition coefficient (Wildman–Crippen LogP) is 2.09. The largest absolute Gasteiger partial charge is 0.381 e. The molecule has 0 unspecified atom stereocenters. The van der Waals surface area contributed by atoms with E-state index in [1.165, 1.54) is 25.7 Å². The first kappa shape index (κ1) is 16.0. The summed E-state index contributed by atoms with van der Waals surface area (Å²) in [6.45, 7) is 5.39. The van der Waals surface area contributed by atoms with Crippen LogP contribution in [0.1, 0.15) is 32.6 Å². The van der Waals surface area contributed by atoms with Gasteiger partial charge >= 0.3 is 0 Å². The Morgan fingerprint density at radius 2 is 2.11 bits per heavy atom. The molecule has 18 heavy (non-hydrogen) atoms. The second-order valence-electron chi connectivity index (χ2n) is 5.73. The van der Waals surface area contributed by atoms with E-state index in [0.29, 0.717) is 11.5 Å².